The summed E-state index contributed by atoms with van der Waals surface area (Å²) >= 11 is 0. The van der Waals surface area contributed by atoms with Crippen molar-refractivity contribution >= 4 is 5.97 Å². The van der Waals surface area contributed by atoms with Crippen molar-refractivity contribution in [2.24, 2.45) is 16.7 Å². The topological polar surface area (TPSA) is 65.2 Å². The highest BCUT2D eigenvalue weighted by atomic mass is 16.5. The third kappa shape index (κ3) is 2.27. The predicted octanol–water partition coefficient (Wildman–Crippen LogP) is 3.07. The molecule has 2 fully saturated rings. The van der Waals surface area contributed by atoms with E-state index in [0.29, 0.717) is 30.5 Å². The van der Waals surface area contributed by atoms with Gasteiger partial charge in [0.15, 0.2) is 5.82 Å². The number of ether oxygens (including phenoxy) is 1. The van der Waals surface area contributed by atoms with Gasteiger partial charge in [-0.05, 0) is 37.5 Å². The Kier molecular flexibility index (Phi) is 3.34. The SMILES string of the molecule is Cc1noc(CCC(=O)OC2CC3CCC2(C)C3(C)C)n1. The third-order valence-electron chi connectivity index (χ3n) is 6.10. The maximum absolute atomic E-state index is 12.1. The van der Waals surface area contributed by atoms with E-state index in [9.17, 15) is 4.79 Å². The van der Waals surface area contributed by atoms with Crippen LogP contribution in [0.4, 0.5) is 0 Å². The van der Waals surface area contributed by atoms with Gasteiger partial charge in [-0.15, -0.1) is 0 Å². The van der Waals surface area contributed by atoms with Gasteiger partial charge < -0.3 is 9.26 Å². The van der Waals surface area contributed by atoms with Crippen LogP contribution in [0.5, 0.6) is 0 Å². The second-order valence-electron chi connectivity index (χ2n) is 7.32. The minimum Gasteiger partial charge on any atom is -0.462 e. The number of nitrogens with zero attached hydrogens (tertiary/aromatic N) is 2. The van der Waals surface area contributed by atoms with E-state index in [0.717, 1.165) is 12.8 Å². The van der Waals surface area contributed by atoms with Crippen LogP contribution in [-0.2, 0) is 16.0 Å². The molecule has 0 saturated heterocycles. The molecule has 2 aliphatic carbocycles. The number of carbonyl (C=O) groups is 1. The number of hydrogen-bond donors (Lipinski definition) is 0. The summed E-state index contributed by atoms with van der Waals surface area (Å²) in [5, 5.41) is 3.72. The molecular formula is C16H24N2O3. The molecule has 2 bridgehead atoms. The highest BCUT2D eigenvalue weighted by Crippen LogP contribution is 2.66. The second kappa shape index (κ2) is 4.82. The number of aromatic nitrogens is 2. The van der Waals surface area contributed by atoms with Crippen molar-refractivity contribution in [3.8, 4) is 0 Å². The van der Waals surface area contributed by atoms with Gasteiger partial charge in [-0.1, -0.05) is 25.9 Å². The predicted molar refractivity (Wildman–Crippen MR) is 76.5 cm³/mol. The lowest BCUT2D eigenvalue weighted by Crippen LogP contribution is -2.38. The number of esters is 1. The highest BCUT2D eigenvalue weighted by Gasteiger charge is 2.62. The average Bonchev–Trinajstić information content (AvgIpc) is 2.98. The molecule has 2 aliphatic rings. The van der Waals surface area contributed by atoms with E-state index in [2.05, 4.69) is 30.9 Å². The first-order chi connectivity index (χ1) is 9.83. The fraction of sp³-hybridized carbons (Fsp3) is 0.812. The van der Waals surface area contributed by atoms with Crippen molar-refractivity contribution in [2.75, 3.05) is 0 Å². The third-order valence-corrected chi connectivity index (χ3v) is 6.10. The molecule has 0 N–H and O–H groups in total. The van der Waals surface area contributed by atoms with Crippen LogP contribution in [0, 0.1) is 23.7 Å². The summed E-state index contributed by atoms with van der Waals surface area (Å²) in [7, 11) is 0. The summed E-state index contributed by atoms with van der Waals surface area (Å²) in [6.45, 7) is 8.68. The van der Waals surface area contributed by atoms with Crippen LogP contribution in [0.25, 0.3) is 0 Å². The summed E-state index contributed by atoms with van der Waals surface area (Å²) in [5.41, 5.74) is 0.385. The van der Waals surface area contributed by atoms with Crippen LogP contribution in [0.15, 0.2) is 4.52 Å². The maximum Gasteiger partial charge on any atom is 0.306 e. The molecule has 5 nitrogen and oxygen atoms in total. The van der Waals surface area contributed by atoms with Crippen LogP contribution < -0.4 is 0 Å². The Morgan fingerprint density at radius 2 is 2.19 bits per heavy atom. The summed E-state index contributed by atoms with van der Waals surface area (Å²) < 4.78 is 10.8. The molecule has 2 saturated carbocycles. The lowest BCUT2D eigenvalue weighted by Gasteiger charge is -2.38. The first kappa shape index (κ1) is 14.5. The molecule has 21 heavy (non-hydrogen) atoms. The van der Waals surface area contributed by atoms with Crippen molar-refractivity contribution in [3.05, 3.63) is 11.7 Å². The Morgan fingerprint density at radius 1 is 1.43 bits per heavy atom. The molecule has 0 aliphatic heterocycles. The van der Waals surface area contributed by atoms with E-state index in [1.54, 1.807) is 6.92 Å². The summed E-state index contributed by atoms with van der Waals surface area (Å²) in [6.07, 6.45) is 4.25. The molecule has 3 unspecified atom stereocenters. The zero-order valence-corrected chi connectivity index (χ0v) is 13.3. The Labute approximate surface area is 125 Å². The van der Waals surface area contributed by atoms with Gasteiger partial charge in [0, 0.05) is 11.8 Å². The van der Waals surface area contributed by atoms with Crippen LogP contribution in [-0.4, -0.2) is 22.2 Å². The Balaban J connectivity index is 1.56. The first-order valence-corrected chi connectivity index (χ1v) is 7.81. The number of rotatable bonds is 4. The zero-order valence-electron chi connectivity index (χ0n) is 13.3. The van der Waals surface area contributed by atoms with Gasteiger partial charge in [0.05, 0.1) is 6.42 Å². The standard InChI is InChI=1S/C16H24N2O3/c1-10-17-13(21-18-10)5-6-14(19)20-12-9-11-7-8-16(12,4)15(11,2)3/h11-12H,5-9H2,1-4H3. The molecule has 116 valence electrons. The summed E-state index contributed by atoms with van der Waals surface area (Å²) in [6, 6.07) is 0. The van der Waals surface area contributed by atoms with Crippen LogP contribution in [0.2, 0.25) is 0 Å². The zero-order chi connectivity index (χ0) is 15.3. The van der Waals surface area contributed by atoms with Crippen LogP contribution >= 0.6 is 0 Å². The van der Waals surface area contributed by atoms with Crippen molar-refractivity contribution in [3.63, 3.8) is 0 Å². The van der Waals surface area contributed by atoms with E-state index >= 15 is 0 Å². The lowest BCUT2D eigenvalue weighted by molar-refractivity contribution is -0.156. The highest BCUT2D eigenvalue weighted by molar-refractivity contribution is 5.70. The molecule has 1 heterocycles. The first-order valence-electron chi connectivity index (χ1n) is 7.81. The lowest BCUT2D eigenvalue weighted by atomic mass is 9.70. The normalized spacial score (nSPS) is 33.3. The maximum atomic E-state index is 12.1. The van der Waals surface area contributed by atoms with Crippen molar-refractivity contribution in [2.45, 2.75) is 65.9 Å². The van der Waals surface area contributed by atoms with E-state index < -0.39 is 0 Å². The number of aryl methyl sites for hydroxylation is 2. The molecule has 1 aromatic heterocycles. The van der Waals surface area contributed by atoms with Crippen molar-refractivity contribution < 1.29 is 14.1 Å². The molecular weight excluding hydrogens is 268 g/mol. The van der Waals surface area contributed by atoms with Gasteiger partial charge in [0.1, 0.15) is 6.10 Å². The van der Waals surface area contributed by atoms with E-state index in [4.69, 9.17) is 9.26 Å². The monoisotopic (exact) mass is 292 g/mol. The molecule has 0 aromatic carbocycles. The minimum absolute atomic E-state index is 0.0585. The van der Waals surface area contributed by atoms with Crippen LogP contribution in [0.1, 0.15) is 58.2 Å². The summed E-state index contributed by atoms with van der Waals surface area (Å²) in [5.74, 6) is 1.63. The minimum atomic E-state index is -0.152. The van der Waals surface area contributed by atoms with Gasteiger partial charge in [-0.25, -0.2) is 0 Å². The second-order valence-corrected chi connectivity index (χ2v) is 7.32. The molecule has 0 radical (unpaired) electrons. The smallest absolute Gasteiger partial charge is 0.306 e. The number of hydrogen-bond acceptors (Lipinski definition) is 5. The fourth-order valence-electron chi connectivity index (χ4n) is 4.18. The molecule has 3 atom stereocenters. The molecule has 5 heteroatoms. The molecule has 3 rings (SSSR count). The average molecular weight is 292 g/mol. The largest absolute Gasteiger partial charge is 0.462 e. The van der Waals surface area contributed by atoms with Gasteiger partial charge in [-0.2, -0.15) is 4.98 Å². The van der Waals surface area contributed by atoms with Gasteiger partial charge >= 0.3 is 5.97 Å². The van der Waals surface area contributed by atoms with Gasteiger partial charge in [0.2, 0.25) is 5.89 Å². The Hall–Kier alpha value is -1.39. The van der Waals surface area contributed by atoms with Crippen molar-refractivity contribution in [1.82, 2.24) is 10.1 Å². The summed E-state index contributed by atoms with van der Waals surface area (Å²) in [4.78, 5) is 16.2. The number of fused-ring (bicyclic) bond motifs is 2. The van der Waals surface area contributed by atoms with Crippen LogP contribution in [0.3, 0.4) is 0 Å². The van der Waals surface area contributed by atoms with E-state index in [-0.39, 0.29) is 22.9 Å². The molecule has 0 spiro atoms. The fourth-order valence-corrected chi connectivity index (χ4v) is 4.18. The molecule has 1 aromatic rings. The van der Waals surface area contributed by atoms with Crippen molar-refractivity contribution in [1.29, 1.82) is 0 Å². The Morgan fingerprint density at radius 3 is 2.71 bits per heavy atom. The van der Waals surface area contributed by atoms with Gasteiger partial charge in [-0.3, -0.25) is 4.79 Å². The van der Waals surface area contributed by atoms with E-state index in [1.165, 1.54) is 6.42 Å². The number of carbonyl (C=O) groups excluding carboxylic acids is 1. The van der Waals surface area contributed by atoms with Gasteiger partial charge in [0.25, 0.3) is 0 Å². The van der Waals surface area contributed by atoms with E-state index in [1.807, 2.05) is 0 Å². The molecule has 0 amide bonds. The Bertz CT molecular complexity index is 551. The quantitative estimate of drug-likeness (QED) is 0.798.